The quantitative estimate of drug-likeness (QED) is 0.769. The smallest absolute Gasteiger partial charge is 0.112 e. The third-order valence-electron chi connectivity index (χ3n) is 2.83. The Morgan fingerprint density at radius 3 is 2.94 bits per heavy atom. The van der Waals surface area contributed by atoms with Crippen LogP contribution in [0.5, 0.6) is 0 Å². The van der Waals surface area contributed by atoms with Crippen LogP contribution >= 0.6 is 11.3 Å². The van der Waals surface area contributed by atoms with E-state index < -0.39 is 0 Å². The van der Waals surface area contributed by atoms with Gasteiger partial charge in [-0.2, -0.15) is 0 Å². The van der Waals surface area contributed by atoms with Crippen molar-refractivity contribution < 1.29 is 5.11 Å². The number of thiazole rings is 1. The average molecular weight is 244 g/mol. The summed E-state index contributed by atoms with van der Waals surface area (Å²) in [6.07, 6.45) is 3.82. The summed E-state index contributed by atoms with van der Waals surface area (Å²) in [5.41, 5.74) is 2.11. The predicted molar refractivity (Wildman–Crippen MR) is 69.1 cm³/mol. The molecule has 0 spiro atoms. The minimum absolute atomic E-state index is 0.0748. The molecule has 0 amide bonds. The monoisotopic (exact) mass is 244 g/mol. The van der Waals surface area contributed by atoms with Crippen molar-refractivity contribution in [1.29, 1.82) is 0 Å². The van der Waals surface area contributed by atoms with E-state index in [0.717, 1.165) is 28.0 Å². The number of fused-ring (bicyclic) bond motifs is 1. The lowest BCUT2D eigenvalue weighted by Crippen LogP contribution is -1.96. The third-order valence-corrected chi connectivity index (χ3v) is 3.59. The van der Waals surface area contributed by atoms with Gasteiger partial charge in [-0.25, -0.2) is 4.98 Å². The van der Waals surface area contributed by atoms with Crippen LogP contribution in [0.4, 0.5) is 0 Å². The van der Waals surface area contributed by atoms with Gasteiger partial charge in [0.15, 0.2) is 0 Å². The van der Waals surface area contributed by atoms with Crippen LogP contribution in [0, 0.1) is 0 Å². The number of nitrogens with zero attached hydrogens (tertiary/aromatic N) is 2. The summed E-state index contributed by atoms with van der Waals surface area (Å²) in [6, 6.07) is 8.12. The molecule has 0 saturated carbocycles. The summed E-state index contributed by atoms with van der Waals surface area (Å²) in [5.74, 6) is 0. The SMILES string of the molecule is OCc1cn(Cc2nccs2)c2ccccc12. The Kier molecular flexibility index (Phi) is 2.66. The molecule has 3 nitrogen and oxygen atoms in total. The number of benzene rings is 1. The lowest BCUT2D eigenvalue weighted by atomic mass is 10.2. The standard InChI is InChI=1S/C13H12N2OS/c16-9-10-7-15(8-13-14-5-6-17-13)12-4-2-1-3-11(10)12/h1-7,16H,8-9H2. The lowest BCUT2D eigenvalue weighted by molar-refractivity contribution is 0.283. The van der Waals surface area contributed by atoms with E-state index in [1.807, 2.05) is 36.0 Å². The Balaban J connectivity index is 2.10. The number of aliphatic hydroxyl groups excluding tert-OH is 1. The van der Waals surface area contributed by atoms with E-state index >= 15 is 0 Å². The zero-order chi connectivity index (χ0) is 11.7. The van der Waals surface area contributed by atoms with Gasteiger partial charge in [0.25, 0.3) is 0 Å². The Labute approximate surface area is 103 Å². The topological polar surface area (TPSA) is 38.0 Å². The van der Waals surface area contributed by atoms with Crippen LogP contribution in [0.15, 0.2) is 42.0 Å². The number of rotatable bonds is 3. The zero-order valence-electron chi connectivity index (χ0n) is 9.21. The van der Waals surface area contributed by atoms with Crippen LogP contribution < -0.4 is 0 Å². The molecule has 0 aliphatic rings. The number of para-hydroxylation sites is 1. The number of hydrogen-bond acceptors (Lipinski definition) is 3. The van der Waals surface area contributed by atoms with Gasteiger partial charge in [0.2, 0.25) is 0 Å². The van der Waals surface area contributed by atoms with Crippen molar-refractivity contribution in [2.24, 2.45) is 0 Å². The molecule has 86 valence electrons. The van der Waals surface area contributed by atoms with Crippen molar-refractivity contribution in [2.75, 3.05) is 0 Å². The summed E-state index contributed by atoms with van der Waals surface area (Å²) in [5, 5.41) is 13.5. The molecule has 0 fully saturated rings. The molecule has 0 bridgehead atoms. The first kappa shape index (κ1) is 10.5. The average Bonchev–Trinajstić information content (AvgIpc) is 2.98. The van der Waals surface area contributed by atoms with Crippen LogP contribution in [0.2, 0.25) is 0 Å². The van der Waals surface area contributed by atoms with Gasteiger partial charge in [-0.05, 0) is 6.07 Å². The fourth-order valence-corrected chi connectivity index (χ4v) is 2.67. The van der Waals surface area contributed by atoms with Gasteiger partial charge >= 0.3 is 0 Å². The molecule has 0 unspecified atom stereocenters. The van der Waals surface area contributed by atoms with Gasteiger partial charge in [-0.15, -0.1) is 11.3 Å². The van der Waals surface area contributed by atoms with Gasteiger partial charge in [0.05, 0.1) is 13.2 Å². The Morgan fingerprint density at radius 1 is 1.29 bits per heavy atom. The molecule has 17 heavy (non-hydrogen) atoms. The first-order chi connectivity index (χ1) is 8.38. The molecule has 1 aromatic carbocycles. The van der Waals surface area contributed by atoms with Crippen molar-refractivity contribution in [3.05, 3.63) is 52.6 Å². The molecule has 2 aromatic heterocycles. The molecule has 0 radical (unpaired) electrons. The van der Waals surface area contributed by atoms with E-state index in [4.69, 9.17) is 0 Å². The predicted octanol–water partition coefficient (Wildman–Crippen LogP) is 2.64. The number of aliphatic hydroxyl groups is 1. The highest BCUT2D eigenvalue weighted by Crippen LogP contribution is 2.22. The van der Waals surface area contributed by atoms with E-state index in [2.05, 4.69) is 15.6 Å². The van der Waals surface area contributed by atoms with E-state index in [0.29, 0.717) is 0 Å². The van der Waals surface area contributed by atoms with Crippen LogP contribution in [-0.2, 0) is 13.2 Å². The first-order valence-electron chi connectivity index (χ1n) is 5.44. The van der Waals surface area contributed by atoms with Crippen molar-refractivity contribution in [2.45, 2.75) is 13.2 Å². The largest absolute Gasteiger partial charge is 0.392 e. The fraction of sp³-hybridized carbons (Fsp3) is 0.154. The molecular formula is C13H12N2OS. The second-order valence-corrected chi connectivity index (χ2v) is 4.86. The first-order valence-corrected chi connectivity index (χ1v) is 6.32. The zero-order valence-corrected chi connectivity index (χ0v) is 10.0. The highest BCUT2D eigenvalue weighted by Gasteiger charge is 2.08. The minimum Gasteiger partial charge on any atom is -0.392 e. The second kappa shape index (κ2) is 4.31. The molecule has 3 aromatic rings. The fourth-order valence-electron chi connectivity index (χ4n) is 2.06. The maximum Gasteiger partial charge on any atom is 0.112 e. The van der Waals surface area contributed by atoms with E-state index in [1.54, 1.807) is 11.3 Å². The van der Waals surface area contributed by atoms with Gasteiger partial charge in [-0.3, -0.25) is 0 Å². The van der Waals surface area contributed by atoms with Crippen molar-refractivity contribution in [1.82, 2.24) is 9.55 Å². The van der Waals surface area contributed by atoms with E-state index in [1.165, 1.54) is 0 Å². The van der Waals surface area contributed by atoms with Crippen molar-refractivity contribution in [3.8, 4) is 0 Å². The maximum atomic E-state index is 9.35. The second-order valence-electron chi connectivity index (χ2n) is 3.88. The molecule has 3 rings (SSSR count). The maximum absolute atomic E-state index is 9.35. The third kappa shape index (κ3) is 1.85. The highest BCUT2D eigenvalue weighted by molar-refractivity contribution is 7.09. The molecule has 4 heteroatoms. The Morgan fingerprint density at radius 2 is 2.18 bits per heavy atom. The van der Waals surface area contributed by atoms with Crippen LogP contribution in [0.1, 0.15) is 10.6 Å². The van der Waals surface area contributed by atoms with Gasteiger partial charge < -0.3 is 9.67 Å². The van der Waals surface area contributed by atoms with Crippen LogP contribution in [-0.4, -0.2) is 14.7 Å². The van der Waals surface area contributed by atoms with E-state index in [-0.39, 0.29) is 6.61 Å². The summed E-state index contributed by atoms with van der Waals surface area (Å²) < 4.78 is 2.14. The molecular weight excluding hydrogens is 232 g/mol. The normalized spacial score (nSPS) is 11.1. The van der Waals surface area contributed by atoms with E-state index in [9.17, 15) is 5.11 Å². The van der Waals surface area contributed by atoms with Gasteiger partial charge in [0, 0.05) is 34.2 Å². The lowest BCUT2D eigenvalue weighted by Gasteiger charge is -2.01. The van der Waals surface area contributed by atoms with Crippen LogP contribution in [0.25, 0.3) is 10.9 Å². The summed E-state index contributed by atoms with van der Waals surface area (Å²) >= 11 is 1.65. The van der Waals surface area contributed by atoms with Gasteiger partial charge in [0.1, 0.15) is 5.01 Å². The molecule has 2 heterocycles. The summed E-state index contributed by atoms with van der Waals surface area (Å²) in [4.78, 5) is 4.29. The Hall–Kier alpha value is -1.65. The molecule has 0 aliphatic heterocycles. The number of hydrogen-bond donors (Lipinski definition) is 1. The number of aromatic nitrogens is 2. The molecule has 0 saturated heterocycles. The van der Waals surface area contributed by atoms with Gasteiger partial charge in [-0.1, -0.05) is 18.2 Å². The highest BCUT2D eigenvalue weighted by atomic mass is 32.1. The Bertz CT molecular complexity index is 628. The minimum atomic E-state index is 0.0748. The molecule has 0 aliphatic carbocycles. The molecule has 0 atom stereocenters. The van der Waals surface area contributed by atoms with Crippen molar-refractivity contribution >= 4 is 22.2 Å². The molecule has 1 N–H and O–H groups in total. The van der Waals surface area contributed by atoms with Crippen molar-refractivity contribution in [3.63, 3.8) is 0 Å². The summed E-state index contributed by atoms with van der Waals surface area (Å²) in [7, 11) is 0. The summed E-state index contributed by atoms with van der Waals surface area (Å²) in [6.45, 7) is 0.837. The van der Waals surface area contributed by atoms with Crippen LogP contribution in [0.3, 0.4) is 0 Å².